The molecule has 2 rings (SSSR count). The number of benzene rings is 2. The van der Waals surface area contributed by atoms with Crippen LogP contribution >= 0.6 is 0 Å². The first-order valence-corrected chi connectivity index (χ1v) is 10.5. The number of carbonyl (C=O) groups excluding carboxylic acids is 1. The number of hydrogen-bond acceptors (Lipinski definition) is 6. The standard InChI is InChI=1S/C20H22N2O6S/c1-14(13-15-7-5-4-6-8-15)18(20(24)21(2)29(3,27)28)19(23)16-9-11-17(12-10-16)22(25)26/h4-13,18-19,23H,1-3H3/b14-13+/t18-,19-/m1/s1. The lowest BCUT2D eigenvalue weighted by Gasteiger charge is -2.27. The summed E-state index contributed by atoms with van der Waals surface area (Å²) in [5.41, 5.74) is 1.33. The first kappa shape index (κ1) is 22.3. The minimum absolute atomic E-state index is 0.159. The second kappa shape index (κ2) is 8.97. The van der Waals surface area contributed by atoms with E-state index in [9.17, 15) is 28.4 Å². The van der Waals surface area contributed by atoms with E-state index in [1.807, 2.05) is 30.3 Å². The zero-order valence-corrected chi connectivity index (χ0v) is 17.0. The number of nitro benzene ring substituents is 1. The van der Waals surface area contributed by atoms with Crippen LogP contribution in [0.15, 0.2) is 60.2 Å². The highest BCUT2D eigenvalue weighted by Gasteiger charge is 2.35. The monoisotopic (exact) mass is 418 g/mol. The molecular weight excluding hydrogens is 396 g/mol. The van der Waals surface area contributed by atoms with Crippen LogP contribution in [0, 0.1) is 16.0 Å². The van der Waals surface area contributed by atoms with Crippen LogP contribution in [-0.4, -0.2) is 42.0 Å². The fourth-order valence-corrected chi connectivity index (χ4v) is 3.27. The fourth-order valence-electron chi connectivity index (χ4n) is 2.83. The lowest BCUT2D eigenvalue weighted by atomic mass is 9.87. The Balaban J connectivity index is 2.49. The van der Waals surface area contributed by atoms with E-state index in [4.69, 9.17) is 0 Å². The van der Waals surface area contributed by atoms with Gasteiger partial charge >= 0.3 is 0 Å². The highest BCUT2D eigenvalue weighted by Crippen LogP contribution is 2.32. The van der Waals surface area contributed by atoms with Crippen LogP contribution in [0.4, 0.5) is 5.69 Å². The van der Waals surface area contributed by atoms with E-state index in [1.165, 1.54) is 24.3 Å². The molecule has 2 aromatic rings. The average Bonchev–Trinajstić information content (AvgIpc) is 2.67. The fraction of sp³-hybridized carbons (Fsp3) is 0.250. The van der Waals surface area contributed by atoms with Gasteiger partial charge in [0.25, 0.3) is 5.69 Å². The molecule has 1 N–H and O–H groups in total. The van der Waals surface area contributed by atoms with E-state index >= 15 is 0 Å². The number of sulfonamides is 1. The van der Waals surface area contributed by atoms with Crippen molar-refractivity contribution in [2.75, 3.05) is 13.3 Å². The average molecular weight is 418 g/mol. The van der Waals surface area contributed by atoms with Gasteiger partial charge in [-0.05, 0) is 30.2 Å². The van der Waals surface area contributed by atoms with Gasteiger partial charge in [-0.1, -0.05) is 42.0 Å². The van der Waals surface area contributed by atoms with Gasteiger partial charge in [0.1, 0.15) is 0 Å². The van der Waals surface area contributed by atoms with E-state index < -0.39 is 32.9 Å². The van der Waals surface area contributed by atoms with Crippen LogP contribution in [0.5, 0.6) is 0 Å². The van der Waals surface area contributed by atoms with Crippen molar-refractivity contribution in [2.24, 2.45) is 5.92 Å². The molecule has 154 valence electrons. The zero-order valence-electron chi connectivity index (χ0n) is 16.2. The maximum Gasteiger partial charge on any atom is 0.269 e. The Labute approximate surface area is 169 Å². The van der Waals surface area contributed by atoms with E-state index in [0.717, 1.165) is 18.9 Å². The Hall–Kier alpha value is -3.04. The van der Waals surface area contributed by atoms with Crippen molar-refractivity contribution in [3.8, 4) is 0 Å². The summed E-state index contributed by atoms with van der Waals surface area (Å²) < 4.78 is 24.3. The second-order valence-electron chi connectivity index (χ2n) is 6.64. The first-order chi connectivity index (χ1) is 13.5. The third-order valence-corrected chi connectivity index (χ3v) is 5.69. The lowest BCUT2D eigenvalue weighted by molar-refractivity contribution is -0.384. The normalized spacial score (nSPS) is 14.1. The number of aliphatic hydroxyl groups excluding tert-OH is 1. The maximum absolute atomic E-state index is 12.9. The number of nitrogens with zero attached hydrogens (tertiary/aromatic N) is 2. The van der Waals surface area contributed by atoms with Crippen LogP contribution in [0.3, 0.4) is 0 Å². The van der Waals surface area contributed by atoms with Crippen molar-refractivity contribution in [1.29, 1.82) is 0 Å². The molecule has 2 aromatic carbocycles. The molecule has 0 bridgehead atoms. The number of aliphatic hydroxyl groups is 1. The quantitative estimate of drug-likeness (QED) is 0.546. The summed E-state index contributed by atoms with van der Waals surface area (Å²) in [6, 6.07) is 14.2. The molecule has 0 fully saturated rings. The van der Waals surface area contributed by atoms with Crippen molar-refractivity contribution >= 4 is 27.7 Å². The van der Waals surface area contributed by atoms with Gasteiger partial charge in [-0.25, -0.2) is 12.7 Å². The highest BCUT2D eigenvalue weighted by molar-refractivity contribution is 7.88. The van der Waals surface area contributed by atoms with Crippen molar-refractivity contribution in [2.45, 2.75) is 13.0 Å². The Bertz CT molecular complexity index is 1020. The summed E-state index contributed by atoms with van der Waals surface area (Å²) in [6.45, 7) is 1.63. The Morgan fingerprint density at radius 1 is 1.14 bits per heavy atom. The van der Waals surface area contributed by atoms with Gasteiger partial charge in [-0.15, -0.1) is 0 Å². The number of rotatable bonds is 7. The highest BCUT2D eigenvalue weighted by atomic mass is 32.2. The molecule has 0 aliphatic carbocycles. The van der Waals surface area contributed by atoms with Crippen LogP contribution in [0.1, 0.15) is 24.2 Å². The maximum atomic E-state index is 12.9. The third-order valence-electron chi connectivity index (χ3n) is 4.52. The smallest absolute Gasteiger partial charge is 0.269 e. The van der Waals surface area contributed by atoms with Crippen LogP contribution in [-0.2, 0) is 14.8 Å². The van der Waals surface area contributed by atoms with Crippen molar-refractivity contribution < 1.29 is 23.2 Å². The Kier molecular flexibility index (Phi) is 6.89. The van der Waals surface area contributed by atoms with Crippen molar-refractivity contribution in [3.05, 3.63) is 81.4 Å². The van der Waals surface area contributed by atoms with Gasteiger partial charge in [-0.2, -0.15) is 0 Å². The molecule has 0 aromatic heterocycles. The molecule has 0 aliphatic rings. The molecule has 0 heterocycles. The van der Waals surface area contributed by atoms with Gasteiger partial charge < -0.3 is 5.11 Å². The second-order valence-corrected chi connectivity index (χ2v) is 8.65. The predicted octanol–water partition coefficient (Wildman–Crippen LogP) is 2.77. The zero-order chi connectivity index (χ0) is 21.8. The van der Waals surface area contributed by atoms with Crippen molar-refractivity contribution in [1.82, 2.24) is 4.31 Å². The largest absolute Gasteiger partial charge is 0.387 e. The minimum atomic E-state index is -3.83. The van der Waals surface area contributed by atoms with E-state index in [0.29, 0.717) is 9.88 Å². The first-order valence-electron chi connectivity index (χ1n) is 8.65. The molecule has 0 saturated carbocycles. The van der Waals surface area contributed by atoms with E-state index in [2.05, 4.69) is 0 Å². The number of carbonyl (C=O) groups is 1. The minimum Gasteiger partial charge on any atom is -0.387 e. The number of amides is 1. The van der Waals surface area contributed by atoms with E-state index in [-0.39, 0.29) is 11.3 Å². The lowest BCUT2D eigenvalue weighted by Crippen LogP contribution is -2.39. The predicted molar refractivity (Wildman–Crippen MR) is 109 cm³/mol. The summed E-state index contributed by atoms with van der Waals surface area (Å²) in [4.78, 5) is 23.2. The molecule has 29 heavy (non-hydrogen) atoms. The van der Waals surface area contributed by atoms with Crippen LogP contribution in [0.2, 0.25) is 0 Å². The Morgan fingerprint density at radius 3 is 2.17 bits per heavy atom. The molecule has 0 unspecified atom stereocenters. The molecule has 0 radical (unpaired) electrons. The molecule has 0 spiro atoms. The molecule has 2 atom stereocenters. The summed E-state index contributed by atoms with van der Waals surface area (Å²) in [5, 5.41) is 21.7. The Morgan fingerprint density at radius 2 is 1.69 bits per heavy atom. The third kappa shape index (κ3) is 5.49. The molecule has 1 amide bonds. The van der Waals surface area contributed by atoms with Gasteiger partial charge in [-0.3, -0.25) is 14.9 Å². The summed E-state index contributed by atoms with van der Waals surface area (Å²) in [7, 11) is -2.70. The van der Waals surface area contributed by atoms with Crippen molar-refractivity contribution in [3.63, 3.8) is 0 Å². The molecule has 9 heteroatoms. The SMILES string of the molecule is C/C(=C\c1ccccc1)[C@@H](C(=O)N(C)S(C)(=O)=O)[C@H](O)c1ccc([N+](=O)[O-])cc1. The van der Waals surface area contributed by atoms with Crippen LogP contribution < -0.4 is 0 Å². The van der Waals surface area contributed by atoms with E-state index in [1.54, 1.807) is 13.0 Å². The van der Waals surface area contributed by atoms with Gasteiger partial charge in [0.15, 0.2) is 0 Å². The molecular formula is C20H22N2O6S. The number of nitro groups is 1. The summed E-state index contributed by atoms with van der Waals surface area (Å²) in [5.74, 6) is -2.00. The number of non-ortho nitro benzene ring substituents is 1. The molecule has 0 saturated heterocycles. The van der Waals surface area contributed by atoms with Gasteiger partial charge in [0.2, 0.25) is 15.9 Å². The van der Waals surface area contributed by atoms with Crippen LogP contribution in [0.25, 0.3) is 6.08 Å². The number of hydrogen-bond donors (Lipinski definition) is 1. The molecule has 0 aliphatic heterocycles. The van der Waals surface area contributed by atoms with Gasteiger partial charge in [0, 0.05) is 19.2 Å². The molecule has 8 nitrogen and oxygen atoms in total. The summed E-state index contributed by atoms with van der Waals surface area (Å²) >= 11 is 0. The summed E-state index contributed by atoms with van der Waals surface area (Å²) in [6.07, 6.45) is 1.19. The van der Waals surface area contributed by atoms with Gasteiger partial charge in [0.05, 0.1) is 23.2 Å². The topological polar surface area (TPSA) is 118 Å².